The van der Waals surface area contributed by atoms with E-state index in [0.29, 0.717) is 12.0 Å². The molecular weight excluding hydrogens is 248 g/mol. The molecule has 0 fully saturated rings. The normalized spacial score (nSPS) is 12.0. The van der Waals surface area contributed by atoms with Crippen LogP contribution in [0.25, 0.3) is 0 Å². The van der Waals surface area contributed by atoms with Crippen LogP contribution in [0.4, 0.5) is 17.5 Å². The summed E-state index contributed by atoms with van der Waals surface area (Å²) in [6, 6.07) is 12.5. The molecule has 0 saturated heterocycles. The average molecular weight is 270 g/mol. The molecule has 0 aliphatic heterocycles. The van der Waals surface area contributed by atoms with Crippen molar-refractivity contribution >= 4 is 17.5 Å². The Kier molecular flexibility index (Phi) is 4.56. The van der Waals surface area contributed by atoms with Gasteiger partial charge in [0.2, 0.25) is 5.95 Å². The molecule has 0 aliphatic rings. The third kappa shape index (κ3) is 3.47. The van der Waals surface area contributed by atoms with E-state index in [0.717, 1.165) is 23.6 Å². The Bertz CT molecular complexity index is 554. The number of hydrogen-bond acceptors (Lipinski definition) is 4. The minimum absolute atomic E-state index is 0.402. The summed E-state index contributed by atoms with van der Waals surface area (Å²) in [6.07, 6.45) is 1.06. The number of benzene rings is 1. The first-order valence-corrected chi connectivity index (χ1v) is 7.01. The highest BCUT2D eigenvalue weighted by molar-refractivity contribution is 5.57. The average Bonchev–Trinajstić information content (AvgIpc) is 2.46. The van der Waals surface area contributed by atoms with E-state index >= 15 is 0 Å². The molecule has 1 N–H and O–H groups in total. The highest BCUT2D eigenvalue weighted by atomic mass is 15.3. The Hall–Kier alpha value is -2.10. The highest BCUT2D eigenvalue weighted by Crippen LogP contribution is 2.21. The van der Waals surface area contributed by atoms with Crippen molar-refractivity contribution in [2.75, 3.05) is 17.3 Å². The van der Waals surface area contributed by atoms with Crippen LogP contribution in [0.2, 0.25) is 0 Å². The summed E-state index contributed by atoms with van der Waals surface area (Å²) < 4.78 is 0. The van der Waals surface area contributed by atoms with Crippen LogP contribution in [0.1, 0.15) is 26.0 Å². The van der Waals surface area contributed by atoms with Gasteiger partial charge in [0.15, 0.2) is 0 Å². The predicted molar refractivity (Wildman–Crippen MR) is 84.6 cm³/mol. The summed E-state index contributed by atoms with van der Waals surface area (Å²) in [4.78, 5) is 11.1. The first-order valence-electron chi connectivity index (χ1n) is 7.01. The van der Waals surface area contributed by atoms with Crippen LogP contribution in [-0.2, 0) is 0 Å². The second kappa shape index (κ2) is 6.37. The van der Waals surface area contributed by atoms with Gasteiger partial charge in [-0.3, -0.25) is 0 Å². The lowest BCUT2D eigenvalue weighted by Gasteiger charge is -2.19. The maximum atomic E-state index is 4.60. The standard InChI is InChI=1S/C16H22N4/c1-5-12(2)17-15-11-13(3)18-16(19-15)20(4)14-9-7-6-8-10-14/h6-12H,5H2,1-4H3,(H,17,18,19). The Balaban J connectivity index is 2.28. The summed E-state index contributed by atoms with van der Waals surface area (Å²) in [7, 11) is 1.98. The van der Waals surface area contributed by atoms with Crippen molar-refractivity contribution in [1.29, 1.82) is 0 Å². The number of aromatic nitrogens is 2. The van der Waals surface area contributed by atoms with Gasteiger partial charge >= 0.3 is 0 Å². The van der Waals surface area contributed by atoms with E-state index < -0.39 is 0 Å². The molecule has 0 amide bonds. The van der Waals surface area contributed by atoms with Crippen molar-refractivity contribution in [3.05, 3.63) is 42.1 Å². The third-order valence-corrected chi connectivity index (χ3v) is 3.29. The Morgan fingerprint density at radius 1 is 1.20 bits per heavy atom. The third-order valence-electron chi connectivity index (χ3n) is 3.29. The monoisotopic (exact) mass is 270 g/mol. The van der Waals surface area contributed by atoms with Gasteiger partial charge in [0.25, 0.3) is 0 Å². The number of hydrogen-bond donors (Lipinski definition) is 1. The summed E-state index contributed by atoms with van der Waals surface area (Å²) in [5.41, 5.74) is 2.04. The van der Waals surface area contributed by atoms with E-state index in [1.54, 1.807) is 0 Å². The smallest absolute Gasteiger partial charge is 0.231 e. The summed E-state index contributed by atoms with van der Waals surface area (Å²) >= 11 is 0. The van der Waals surface area contributed by atoms with Crippen LogP contribution in [0.5, 0.6) is 0 Å². The molecule has 0 bridgehead atoms. The summed E-state index contributed by atoms with van der Waals surface area (Å²) in [5, 5.41) is 3.40. The predicted octanol–water partition coefficient (Wildman–Crippen LogP) is 3.76. The molecular formula is C16H22N4. The molecule has 1 atom stereocenters. The molecule has 0 radical (unpaired) electrons. The number of aryl methyl sites for hydroxylation is 1. The van der Waals surface area contributed by atoms with Crippen LogP contribution in [0.15, 0.2) is 36.4 Å². The first-order chi connectivity index (χ1) is 9.60. The molecule has 2 aromatic rings. The minimum Gasteiger partial charge on any atom is -0.367 e. The van der Waals surface area contributed by atoms with Crippen molar-refractivity contribution < 1.29 is 0 Å². The quantitative estimate of drug-likeness (QED) is 0.898. The maximum Gasteiger partial charge on any atom is 0.231 e. The molecule has 1 aromatic heterocycles. The second-order valence-corrected chi connectivity index (χ2v) is 5.04. The van der Waals surface area contributed by atoms with Gasteiger partial charge in [-0.1, -0.05) is 25.1 Å². The zero-order valence-corrected chi connectivity index (χ0v) is 12.6. The Morgan fingerprint density at radius 3 is 2.55 bits per heavy atom. The van der Waals surface area contributed by atoms with E-state index in [2.05, 4.69) is 29.1 Å². The van der Waals surface area contributed by atoms with Crippen LogP contribution >= 0.6 is 0 Å². The zero-order valence-electron chi connectivity index (χ0n) is 12.6. The number of nitrogens with zero attached hydrogens (tertiary/aromatic N) is 3. The minimum atomic E-state index is 0.402. The highest BCUT2D eigenvalue weighted by Gasteiger charge is 2.10. The Morgan fingerprint density at radius 2 is 1.90 bits per heavy atom. The molecule has 1 heterocycles. The van der Waals surface area contributed by atoms with Crippen LogP contribution in [-0.4, -0.2) is 23.1 Å². The number of nitrogens with one attached hydrogen (secondary N) is 1. The lowest BCUT2D eigenvalue weighted by molar-refractivity contribution is 0.757. The van der Waals surface area contributed by atoms with Crippen LogP contribution < -0.4 is 10.2 Å². The second-order valence-electron chi connectivity index (χ2n) is 5.04. The van der Waals surface area contributed by atoms with Gasteiger partial charge in [0.05, 0.1) is 0 Å². The van der Waals surface area contributed by atoms with E-state index in [1.807, 2.05) is 55.3 Å². The molecule has 4 nitrogen and oxygen atoms in total. The van der Waals surface area contributed by atoms with Crippen LogP contribution in [0.3, 0.4) is 0 Å². The topological polar surface area (TPSA) is 41.1 Å². The largest absolute Gasteiger partial charge is 0.367 e. The van der Waals surface area contributed by atoms with E-state index in [9.17, 15) is 0 Å². The van der Waals surface area contributed by atoms with Crippen molar-refractivity contribution in [3.63, 3.8) is 0 Å². The first kappa shape index (κ1) is 14.3. The fourth-order valence-corrected chi connectivity index (χ4v) is 1.90. The molecule has 0 spiro atoms. The molecule has 1 aromatic carbocycles. The van der Waals surface area contributed by atoms with Gasteiger partial charge in [0.1, 0.15) is 5.82 Å². The fraction of sp³-hybridized carbons (Fsp3) is 0.375. The van der Waals surface area contributed by atoms with Crippen molar-refractivity contribution in [3.8, 4) is 0 Å². The molecule has 0 saturated carbocycles. The van der Waals surface area contributed by atoms with Crippen molar-refractivity contribution in [2.45, 2.75) is 33.2 Å². The lowest BCUT2D eigenvalue weighted by atomic mass is 10.2. The fourth-order valence-electron chi connectivity index (χ4n) is 1.90. The summed E-state index contributed by atoms with van der Waals surface area (Å²) in [6.45, 7) is 6.30. The maximum absolute atomic E-state index is 4.60. The van der Waals surface area contributed by atoms with Gasteiger partial charge < -0.3 is 10.2 Å². The lowest BCUT2D eigenvalue weighted by Crippen LogP contribution is -2.18. The SMILES string of the molecule is CCC(C)Nc1cc(C)nc(N(C)c2ccccc2)n1. The van der Waals surface area contributed by atoms with Gasteiger partial charge in [-0.25, -0.2) is 4.98 Å². The molecule has 4 heteroatoms. The van der Waals surface area contributed by atoms with E-state index in [4.69, 9.17) is 0 Å². The Labute approximate surface area is 120 Å². The summed E-state index contributed by atoms with van der Waals surface area (Å²) in [5.74, 6) is 1.59. The molecule has 2 rings (SSSR count). The van der Waals surface area contributed by atoms with Gasteiger partial charge in [-0.15, -0.1) is 0 Å². The van der Waals surface area contributed by atoms with Crippen molar-refractivity contribution in [2.24, 2.45) is 0 Å². The van der Waals surface area contributed by atoms with E-state index in [1.165, 1.54) is 0 Å². The molecule has 1 unspecified atom stereocenters. The van der Waals surface area contributed by atoms with Gasteiger partial charge in [-0.2, -0.15) is 4.98 Å². The zero-order chi connectivity index (χ0) is 14.5. The van der Waals surface area contributed by atoms with Crippen molar-refractivity contribution in [1.82, 2.24) is 9.97 Å². The molecule has 20 heavy (non-hydrogen) atoms. The van der Waals surface area contributed by atoms with Crippen LogP contribution in [0, 0.1) is 6.92 Å². The molecule has 106 valence electrons. The van der Waals surface area contributed by atoms with Gasteiger partial charge in [0, 0.05) is 30.5 Å². The van der Waals surface area contributed by atoms with Gasteiger partial charge in [-0.05, 0) is 32.4 Å². The number of anilines is 3. The number of para-hydroxylation sites is 1. The molecule has 0 aliphatic carbocycles. The van der Waals surface area contributed by atoms with E-state index in [-0.39, 0.29) is 0 Å². The number of rotatable bonds is 5.